The highest BCUT2D eigenvalue weighted by Gasteiger charge is 2.21. The number of nitro groups is 1. The Bertz CT molecular complexity index is 708. The van der Waals surface area contributed by atoms with Crippen molar-refractivity contribution in [3.05, 3.63) is 51.7 Å². The normalized spacial score (nSPS) is 10.2. The fourth-order valence-electron chi connectivity index (χ4n) is 2.05. The molecule has 0 aliphatic rings. The molecular weight excluding hydrogens is 272 g/mol. The molecule has 0 fully saturated rings. The fourth-order valence-corrected chi connectivity index (χ4v) is 2.05. The smallest absolute Gasteiger partial charge is 0.296 e. The van der Waals surface area contributed by atoms with Crippen LogP contribution < -0.4 is 4.74 Å². The van der Waals surface area contributed by atoms with Crippen LogP contribution >= 0.6 is 0 Å². The van der Waals surface area contributed by atoms with Crippen LogP contribution in [0.15, 0.2) is 30.3 Å². The van der Waals surface area contributed by atoms with E-state index >= 15 is 0 Å². The van der Waals surface area contributed by atoms with E-state index in [1.54, 1.807) is 38.3 Å². The maximum absolute atomic E-state index is 11.5. The molecule has 6 nitrogen and oxygen atoms in total. The zero-order valence-electron chi connectivity index (χ0n) is 11.9. The Kier molecular flexibility index (Phi) is 3.98. The summed E-state index contributed by atoms with van der Waals surface area (Å²) in [6.45, 7) is 3.02. The molecule has 1 aromatic heterocycles. The Balaban J connectivity index is 2.63. The number of pyridine rings is 1. The molecule has 21 heavy (non-hydrogen) atoms. The summed E-state index contributed by atoms with van der Waals surface area (Å²) in [5, 5.41) is 11.2. The van der Waals surface area contributed by atoms with Gasteiger partial charge < -0.3 is 4.74 Å². The summed E-state index contributed by atoms with van der Waals surface area (Å²) in [6, 6.07) is 8.08. The second-order valence-corrected chi connectivity index (χ2v) is 4.53. The molecule has 2 aromatic rings. The van der Waals surface area contributed by atoms with Gasteiger partial charge in [-0.2, -0.15) is 0 Å². The SMILES string of the molecule is COc1ccc(-c2nc(C)c(C(C)=O)cc2[N+](=O)[O-])cc1. The van der Waals surface area contributed by atoms with Crippen LogP contribution in [-0.4, -0.2) is 22.8 Å². The van der Waals surface area contributed by atoms with E-state index in [4.69, 9.17) is 4.74 Å². The highest BCUT2D eigenvalue weighted by atomic mass is 16.6. The largest absolute Gasteiger partial charge is 0.497 e. The zero-order chi connectivity index (χ0) is 15.6. The standard InChI is InChI=1S/C15H14N2O4/c1-9-13(10(2)18)8-14(17(19)20)15(16-9)11-4-6-12(21-3)7-5-11/h4-8H,1-3H3. The van der Waals surface area contributed by atoms with E-state index < -0.39 is 4.92 Å². The monoisotopic (exact) mass is 286 g/mol. The lowest BCUT2D eigenvalue weighted by Gasteiger charge is -2.08. The molecule has 108 valence electrons. The summed E-state index contributed by atoms with van der Waals surface area (Å²) < 4.78 is 5.06. The van der Waals surface area contributed by atoms with Crippen LogP contribution in [0.3, 0.4) is 0 Å². The third kappa shape index (κ3) is 2.89. The Hall–Kier alpha value is -2.76. The number of aromatic nitrogens is 1. The van der Waals surface area contributed by atoms with Crippen molar-refractivity contribution in [1.82, 2.24) is 4.98 Å². The average molecular weight is 286 g/mol. The van der Waals surface area contributed by atoms with Crippen molar-refractivity contribution >= 4 is 11.5 Å². The fraction of sp³-hybridized carbons (Fsp3) is 0.200. The molecule has 0 saturated heterocycles. The number of carbonyl (C=O) groups excluding carboxylic acids is 1. The van der Waals surface area contributed by atoms with E-state index in [9.17, 15) is 14.9 Å². The van der Waals surface area contributed by atoms with Gasteiger partial charge in [-0.1, -0.05) is 0 Å². The number of nitrogens with zero attached hydrogens (tertiary/aromatic N) is 2. The summed E-state index contributed by atoms with van der Waals surface area (Å²) in [5.74, 6) is 0.405. The van der Waals surface area contributed by atoms with E-state index in [1.807, 2.05) is 0 Å². The van der Waals surface area contributed by atoms with Gasteiger partial charge in [0, 0.05) is 22.9 Å². The molecule has 0 amide bonds. The van der Waals surface area contributed by atoms with Crippen LogP contribution in [0.2, 0.25) is 0 Å². The quantitative estimate of drug-likeness (QED) is 0.489. The predicted octanol–water partition coefficient (Wildman–Crippen LogP) is 3.18. The molecule has 0 aliphatic heterocycles. The van der Waals surface area contributed by atoms with Gasteiger partial charge in [-0.25, -0.2) is 4.98 Å². The van der Waals surface area contributed by atoms with Gasteiger partial charge in [0.2, 0.25) is 0 Å². The number of Topliss-reactive ketones (excluding diaryl/α,β-unsaturated/α-hetero) is 1. The average Bonchev–Trinajstić information content (AvgIpc) is 2.46. The Labute approximate surface area is 121 Å². The molecule has 6 heteroatoms. The van der Waals surface area contributed by atoms with Crippen molar-refractivity contribution in [2.24, 2.45) is 0 Å². The minimum atomic E-state index is -0.529. The van der Waals surface area contributed by atoms with Crippen molar-refractivity contribution in [3.63, 3.8) is 0 Å². The second-order valence-electron chi connectivity index (χ2n) is 4.53. The number of hydrogen-bond acceptors (Lipinski definition) is 5. The first-order valence-corrected chi connectivity index (χ1v) is 6.25. The topological polar surface area (TPSA) is 82.3 Å². The van der Waals surface area contributed by atoms with Gasteiger partial charge in [0.1, 0.15) is 11.4 Å². The molecule has 0 spiro atoms. The highest BCUT2D eigenvalue weighted by molar-refractivity contribution is 5.96. The van der Waals surface area contributed by atoms with Crippen LogP contribution in [0.25, 0.3) is 11.3 Å². The van der Waals surface area contributed by atoms with Crippen molar-refractivity contribution in [2.45, 2.75) is 13.8 Å². The van der Waals surface area contributed by atoms with E-state index in [2.05, 4.69) is 4.98 Å². The first-order chi connectivity index (χ1) is 9.93. The van der Waals surface area contributed by atoms with Crippen LogP contribution in [0.5, 0.6) is 5.75 Å². The molecule has 0 atom stereocenters. The number of ketones is 1. The molecule has 1 aromatic carbocycles. The van der Waals surface area contributed by atoms with Crippen molar-refractivity contribution in [1.29, 1.82) is 0 Å². The summed E-state index contributed by atoms with van der Waals surface area (Å²) in [4.78, 5) is 26.4. The summed E-state index contributed by atoms with van der Waals surface area (Å²) in [6.07, 6.45) is 0. The van der Waals surface area contributed by atoms with Gasteiger partial charge in [-0.15, -0.1) is 0 Å². The number of carbonyl (C=O) groups is 1. The van der Waals surface area contributed by atoms with E-state index in [0.29, 0.717) is 17.0 Å². The lowest BCUT2D eigenvalue weighted by Crippen LogP contribution is -2.04. The van der Waals surface area contributed by atoms with Crippen molar-refractivity contribution in [2.75, 3.05) is 7.11 Å². The number of benzene rings is 1. The molecule has 0 saturated carbocycles. The van der Waals surface area contributed by atoms with E-state index in [0.717, 1.165) is 0 Å². The van der Waals surface area contributed by atoms with Gasteiger partial charge in [-0.05, 0) is 38.1 Å². The zero-order valence-corrected chi connectivity index (χ0v) is 11.9. The third-order valence-electron chi connectivity index (χ3n) is 3.13. The first-order valence-electron chi connectivity index (χ1n) is 6.25. The second kappa shape index (κ2) is 5.70. The molecule has 2 rings (SSSR count). The molecular formula is C15H14N2O4. The van der Waals surface area contributed by atoms with Gasteiger partial charge in [0.15, 0.2) is 5.78 Å². The third-order valence-corrected chi connectivity index (χ3v) is 3.13. The molecule has 0 N–H and O–H groups in total. The van der Waals surface area contributed by atoms with Crippen LogP contribution in [0.4, 0.5) is 5.69 Å². The Morgan fingerprint density at radius 1 is 1.29 bits per heavy atom. The minimum absolute atomic E-state index is 0.184. The summed E-state index contributed by atoms with van der Waals surface area (Å²) in [5.41, 5.74) is 1.39. The van der Waals surface area contributed by atoms with Crippen molar-refractivity contribution in [3.8, 4) is 17.0 Å². The Morgan fingerprint density at radius 3 is 2.38 bits per heavy atom. The number of aryl methyl sites for hydroxylation is 1. The summed E-state index contributed by atoms with van der Waals surface area (Å²) >= 11 is 0. The minimum Gasteiger partial charge on any atom is -0.497 e. The maximum Gasteiger partial charge on any atom is 0.296 e. The molecule has 0 radical (unpaired) electrons. The van der Waals surface area contributed by atoms with Crippen LogP contribution in [-0.2, 0) is 0 Å². The van der Waals surface area contributed by atoms with Gasteiger partial charge in [0.25, 0.3) is 5.69 Å². The Morgan fingerprint density at radius 2 is 1.90 bits per heavy atom. The lowest BCUT2D eigenvalue weighted by atomic mass is 10.0. The number of rotatable bonds is 4. The highest BCUT2D eigenvalue weighted by Crippen LogP contribution is 2.31. The summed E-state index contributed by atoms with van der Waals surface area (Å²) in [7, 11) is 1.54. The molecule has 0 bridgehead atoms. The number of hydrogen-bond donors (Lipinski definition) is 0. The van der Waals surface area contributed by atoms with Gasteiger partial charge in [0.05, 0.1) is 12.0 Å². The van der Waals surface area contributed by atoms with E-state index in [-0.39, 0.29) is 22.7 Å². The van der Waals surface area contributed by atoms with Gasteiger partial charge >= 0.3 is 0 Å². The molecule has 0 aliphatic carbocycles. The number of ether oxygens (including phenoxy) is 1. The number of methoxy groups -OCH3 is 1. The van der Waals surface area contributed by atoms with Crippen molar-refractivity contribution < 1.29 is 14.5 Å². The van der Waals surface area contributed by atoms with Gasteiger partial charge in [-0.3, -0.25) is 14.9 Å². The predicted molar refractivity (Wildman–Crippen MR) is 77.6 cm³/mol. The van der Waals surface area contributed by atoms with E-state index in [1.165, 1.54) is 13.0 Å². The molecule has 1 heterocycles. The lowest BCUT2D eigenvalue weighted by molar-refractivity contribution is -0.384. The van der Waals surface area contributed by atoms with Crippen LogP contribution in [0.1, 0.15) is 23.0 Å². The molecule has 0 unspecified atom stereocenters. The maximum atomic E-state index is 11.5. The first kappa shape index (κ1) is 14.6. The van der Waals surface area contributed by atoms with Crippen LogP contribution in [0, 0.1) is 17.0 Å².